The van der Waals surface area contributed by atoms with E-state index in [0.717, 1.165) is 11.1 Å². The molecule has 0 bridgehead atoms. The molecule has 1 aromatic heterocycles. The summed E-state index contributed by atoms with van der Waals surface area (Å²) in [5.74, 6) is -0.114. The molecule has 0 radical (unpaired) electrons. The van der Waals surface area contributed by atoms with Gasteiger partial charge < -0.3 is 10.1 Å². The van der Waals surface area contributed by atoms with Crippen LogP contribution in [-0.4, -0.2) is 26.4 Å². The Kier molecular flexibility index (Phi) is 6.59. The molecule has 0 aliphatic carbocycles. The van der Waals surface area contributed by atoms with Crippen molar-refractivity contribution < 1.29 is 17.9 Å². The van der Waals surface area contributed by atoms with Crippen molar-refractivity contribution in [1.29, 1.82) is 0 Å². The number of carbonyl (C=O) groups excluding carboxylic acids is 1. The standard InChI is InChI=1S/C21H20ClN3O4S/c1-14-15(6-5-8-19(14)22)11-24-21(26)18-7-3-4-9-20(18)30(27,28)25-16-10-17(29-2)13-23-12-16/h3-10,12-13,25H,11H2,1-2H3,(H,24,26). The number of hydrogen-bond donors (Lipinski definition) is 2. The molecule has 1 amide bonds. The molecule has 0 saturated carbocycles. The molecule has 7 nitrogen and oxygen atoms in total. The molecule has 0 fully saturated rings. The van der Waals surface area contributed by atoms with Gasteiger partial charge in [-0.25, -0.2) is 8.42 Å². The van der Waals surface area contributed by atoms with Gasteiger partial charge in [0.25, 0.3) is 15.9 Å². The van der Waals surface area contributed by atoms with Gasteiger partial charge in [-0.2, -0.15) is 0 Å². The number of ether oxygens (including phenoxy) is 1. The van der Waals surface area contributed by atoms with Crippen LogP contribution in [0.5, 0.6) is 5.75 Å². The van der Waals surface area contributed by atoms with Crippen molar-refractivity contribution in [2.45, 2.75) is 18.4 Å². The summed E-state index contributed by atoms with van der Waals surface area (Å²) in [4.78, 5) is 16.5. The minimum absolute atomic E-state index is 0.0283. The smallest absolute Gasteiger partial charge is 0.262 e. The second-order valence-electron chi connectivity index (χ2n) is 6.42. The van der Waals surface area contributed by atoms with Gasteiger partial charge in [0.15, 0.2) is 0 Å². The number of benzene rings is 2. The lowest BCUT2D eigenvalue weighted by molar-refractivity contribution is 0.0947. The largest absolute Gasteiger partial charge is 0.495 e. The molecule has 0 aliphatic rings. The van der Waals surface area contributed by atoms with Crippen LogP contribution in [0.3, 0.4) is 0 Å². The van der Waals surface area contributed by atoms with Crippen molar-refractivity contribution in [2.75, 3.05) is 11.8 Å². The maximum Gasteiger partial charge on any atom is 0.262 e. The molecule has 0 aliphatic heterocycles. The van der Waals surface area contributed by atoms with Crippen LogP contribution in [0.2, 0.25) is 5.02 Å². The van der Waals surface area contributed by atoms with Gasteiger partial charge in [0.1, 0.15) is 10.6 Å². The van der Waals surface area contributed by atoms with E-state index in [9.17, 15) is 13.2 Å². The Bertz CT molecular complexity index is 1180. The predicted octanol–water partition coefficient (Wildman–Crippen LogP) is 3.78. The Morgan fingerprint density at radius 3 is 2.67 bits per heavy atom. The van der Waals surface area contributed by atoms with Crippen LogP contribution in [0, 0.1) is 6.92 Å². The molecule has 0 spiro atoms. The minimum Gasteiger partial charge on any atom is -0.495 e. The van der Waals surface area contributed by atoms with E-state index in [4.69, 9.17) is 16.3 Å². The molecule has 3 rings (SSSR count). The lowest BCUT2D eigenvalue weighted by atomic mass is 10.1. The van der Waals surface area contributed by atoms with Crippen molar-refractivity contribution >= 4 is 33.2 Å². The van der Waals surface area contributed by atoms with Crippen LogP contribution in [0.1, 0.15) is 21.5 Å². The summed E-state index contributed by atoms with van der Waals surface area (Å²) in [6.45, 7) is 2.07. The number of nitrogens with one attached hydrogen (secondary N) is 2. The van der Waals surface area contributed by atoms with Gasteiger partial charge in [-0.1, -0.05) is 35.9 Å². The summed E-state index contributed by atoms with van der Waals surface area (Å²) in [6, 6.07) is 12.9. The van der Waals surface area contributed by atoms with Crippen molar-refractivity contribution in [3.8, 4) is 5.75 Å². The van der Waals surface area contributed by atoms with Gasteiger partial charge in [0.2, 0.25) is 0 Å². The molecule has 30 heavy (non-hydrogen) atoms. The zero-order chi connectivity index (χ0) is 21.7. The Labute approximate surface area is 180 Å². The number of sulfonamides is 1. The van der Waals surface area contributed by atoms with E-state index in [1.165, 1.54) is 37.7 Å². The van der Waals surface area contributed by atoms with Crippen molar-refractivity contribution in [1.82, 2.24) is 10.3 Å². The Morgan fingerprint density at radius 2 is 1.90 bits per heavy atom. The molecule has 3 aromatic rings. The van der Waals surface area contributed by atoms with Gasteiger partial charge in [0, 0.05) is 17.6 Å². The van der Waals surface area contributed by atoms with Gasteiger partial charge in [0.05, 0.1) is 30.8 Å². The number of methoxy groups -OCH3 is 1. The van der Waals surface area contributed by atoms with Crippen LogP contribution in [-0.2, 0) is 16.6 Å². The number of pyridine rings is 1. The molecule has 2 aromatic carbocycles. The summed E-state index contributed by atoms with van der Waals surface area (Å²) in [6.07, 6.45) is 2.81. The summed E-state index contributed by atoms with van der Waals surface area (Å²) in [7, 11) is -2.58. The van der Waals surface area contributed by atoms with E-state index in [1.54, 1.807) is 24.3 Å². The molecule has 0 unspecified atom stereocenters. The molecule has 156 valence electrons. The zero-order valence-electron chi connectivity index (χ0n) is 16.3. The number of anilines is 1. The predicted molar refractivity (Wildman–Crippen MR) is 115 cm³/mol. The molecule has 1 heterocycles. The number of halogens is 1. The molecular weight excluding hydrogens is 426 g/mol. The van der Waals surface area contributed by atoms with Crippen molar-refractivity contribution in [3.63, 3.8) is 0 Å². The topological polar surface area (TPSA) is 97.4 Å². The number of carbonyl (C=O) groups is 1. The van der Waals surface area contributed by atoms with E-state index in [0.29, 0.717) is 10.8 Å². The Hall–Kier alpha value is -3.10. The number of rotatable bonds is 7. The maximum atomic E-state index is 12.9. The average Bonchev–Trinajstić information content (AvgIpc) is 2.74. The number of hydrogen-bond acceptors (Lipinski definition) is 5. The van der Waals surface area contributed by atoms with E-state index < -0.39 is 15.9 Å². The quantitative estimate of drug-likeness (QED) is 0.576. The summed E-state index contributed by atoms with van der Waals surface area (Å²) in [5, 5.41) is 3.35. The highest BCUT2D eigenvalue weighted by molar-refractivity contribution is 7.92. The third kappa shape index (κ3) is 4.90. The van der Waals surface area contributed by atoms with Crippen molar-refractivity contribution in [3.05, 3.63) is 82.6 Å². The molecule has 0 saturated heterocycles. The number of aromatic nitrogens is 1. The van der Waals surface area contributed by atoms with Crippen LogP contribution < -0.4 is 14.8 Å². The lowest BCUT2D eigenvalue weighted by Gasteiger charge is -2.13. The molecule has 2 N–H and O–H groups in total. The molecule has 9 heteroatoms. The Morgan fingerprint density at radius 1 is 1.13 bits per heavy atom. The van der Waals surface area contributed by atoms with Gasteiger partial charge >= 0.3 is 0 Å². The summed E-state index contributed by atoms with van der Waals surface area (Å²) in [5.41, 5.74) is 1.95. The van der Waals surface area contributed by atoms with Crippen LogP contribution in [0.4, 0.5) is 5.69 Å². The number of nitrogens with zero attached hydrogens (tertiary/aromatic N) is 1. The van der Waals surface area contributed by atoms with E-state index >= 15 is 0 Å². The highest BCUT2D eigenvalue weighted by Gasteiger charge is 2.22. The van der Waals surface area contributed by atoms with Crippen LogP contribution in [0.15, 0.2) is 65.8 Å². The monoisotopic (exact) mass is 445 g/mol. The van der Waals surface area contributed by atoms with Gasteiger partial charge in [-0.05, 0) is 36.2 Å². The second-order valence-corrected chi connectivity index (χ2v) is 8.48. The second kappa shape index (κ2) is 9.15. The van der Waals surface area contributed by atoms with E-state index in [1.807, 2.05) is 13.0 Å². The molecule has 0 atom stereocenters. The normalized spacial score (nSPS) is 11.0. The first-order chi connectivity index (χ1) is 14.3. The maximum absolute atomic E-state index is 12.9. The fourth-order valence-electron chi connectivity index (χ4n) is 2.80. The first kappa shape index (κ1) is 21.6. The van der Waals surface area contributed by atoms with Crippen LogP contribution in [0.25, 0.3) is 0 Å². The summed E-state index contributed by atoms with van der Waals surface area (Å²) < 4.78 is 33.3. The first-order valence-electron chi connectivity index (χ1n) is 8.95. The zero-order valence-corrected chi connectivity index (χ0v) is 17.9. The average molecular weight is 446 g/mol. The third-order valence-corrected chi connectivity index (χ3v) is 6.29. The fourth-order valence-corrected chi connectivity index (χ4v) is 4.23. The fraction of sp³-hybridized carbons (Fsp3) is 0.143. The third-order valence-electron chi connectivity index (χ3n) is 4.44. The Balaban J connectivity index is 1.83. The van der Waals surface area contributed by atoms with Gasteiger partial charge in [-0.15, -0.1) is 0 Å². The highest BCUT2D eigenvalue weighted by Crippen LogP contribution is 2.22. The van der Waals surface area contributed by atoms with Crippen LogP contribution >= 0.6 is 11.6 Å². The lowest BCUT2D eigenvalue weighted by Crippen LogP contribution is -2.26. The SMILES string of the molecule is COc1cncc(NS(=O)(=O)c2ccccc2C(=O)NCc2cccc(Cl)c2C)c1. The summed E-state index contributed by atoms with van der Waals surface area (Å²) >= 11 is 6.12. The van der Waals surface area contributed by atoms with E-state index in [-0.39, 0.29) is 22.7 Å². The minimum atomic E-state index is -4.04. The first-order valence-corrected chi connectivity index (χ1v) is 10.8. The van der Waals surface area contributed by atoms with Gasteiger partial charge in [-0.3, -0.25) is 14.5 Å². The number of amides is 1. The van der Waals surface area contributed by atoms with E-state index in [2.05, 4.69) is 15.0 Å². The van der Waals surface area contributed by atoms with Crippen molar-refractivity contribution in [2.24, 2.45) is 0 Å². The highest BCUT2D eigenvalue weighted by atomic mass is 35.5. The molecular formula is C21H20ClN3O4S.